The zero-order valence-corrected chi connectivity index (χ0v) is 20.5. The monoisotopic (exact) mass is 510 g/mol. The summed E-state index contributed by atoms with van der Waals surface area (Å²) in [5.74, 6) is -1.06. The third-order valence-corrected chi connectivity index (χ3v) is 6.54. The van der Waals surface area contributed by atoms with Gasteiger partial charge in [-0.3, -0.25) is 9.69 Å². The van der Waals surface area contributed by atoms with Gasteiger partial charge in [-0.15, -0.1) is 0 Å². The van der Waals surface area contributed by atoms with E-state index in [0.29, 0.717) is 29.9 Å². The van der Waals surface area contributed by atoms with Gasteiger partial charge in [0.05, 0.1) is 17.2 Å². The Labute approximate surface area is 214 Å². The van der Waals surface area contributed by atoms with Crippen LogP contribution < -0.4 is 0 Å². The molecule has 37 heavy (non-hydrogen) atoms. The van der Waals surface area contributed by atoms with Crippen LogP contribution in [0.25, 0.3) is 11.1 Å². The van der Waals surface area contributed by atoms with E-state index in [2.05, 4.69) is 10.1 Å². The summed E-state index contributed by atoms with van der Waals surface area (Å²) in [7, 11) is 0. The maximum atomic E-state index is 13.7. The van der Waals surface area contributed by atoms with E-state index < -0.39 is 17.7 Å². The fraction of sp³-hybridized carbons (Fsp3) is 0.310. The summed E-state index contributed by atoms with van der Waals surface area (Å²) in [6, 6.07) is 20.4. The standard InChI is InChI=1S/C29H29F3N2O3/c1-20(23-12-9-21(10-13-23)17-34-15-5-8-25(18-34)28(35)36)33-37-19-22-11-14-26(24-6-3-2-4-7-24)27(16-22)29(30,31)32/h2-4,6-7,9-14,16,25H,5,8,15,17-19H2,1H3,(H,35,36)/b33-20-. The second kappa shape index (κ2) is 11.6. The van der Waals surface area contributed by atoms with E-state index in [-0.39, 0.29) is 18.1 Å². The first-order chi connectivity index (χ1) is 17.7. The lowest BCUT2D eigenvalue weighted by atomic mass is 9.97. The quantitative estimate of drug-likeness (QED) is 0.274. The van der Waals surface area contributed by atoms with Gasteiger partial charge in [-0.1, -0.05) is 71.9 Å². The van der Waals surface area contributed by atoms with Crippen LogP contribution in [-0.4, -0.2) is 34.8 Å². The number of alkyl halides is 3. The molecule has 0 bridgehead atoms. The van der Waals surface area contributed by atoms with E-state index in [0.717, 1.165) is 36.6 Å². The number of piperidine rings is 1. The van der Waals surface area contributed by atoms with Crippen LogP contribution in [-0.2, 0) is 29.0 Å². The molecular formula is C29H29F3N2O3. The van der Waals surface area contributed by atoms with Crippen molar-refractivity contribution in [3.8, 4) is 11.1 Å². The molecule has 3 aromatic rings. The van der Waals surface area contributed by atoms with E-state index in [1.54, 1.807) is 43.3 Å². The number of carbonyl (C=O) groups is 1. The van der Waals surface area contributed by atoms with Gasteiger partial charge in [0.2, 0.25) is 0 Å². The highest BCUT2D eigenvalue weighted by molar-refractivity contribution is 5.98. The highest BCUT2D eigenvalue weighted by atomic mass is 19.4. The van der Waals surface area contributed by atoms with Gasteiger partial charge >= 0.3 is 12.1 Å². The molecule has 1 aliphatic heterocycles. The molecule has 0 aromatic heterocycles. The van der Waals surface area contributed by atoms with E-state index >= 15 is 0 Å². The van der Waals surface area contributed by atoms with Crippen LogP contribution in [0.2, 0.25) is 0 Å². The normalized spacial score (nSPS) is 17.0. The molecule has 1 aliphatic rings. The minimum atomic E-state index is -4.50. The molecule has 194 valence electrons. The summed E-state index contributed by atoms with van der Waals surface area (Å²) in [5, 5.41) is 13.4. The summed E-state index contributed by atoms with van der Waals surface area (Å²) in [6.07, 6.45) is -2.91. The first-order valence-electron chi connectivity index (χ1n) is 12.2. The Morgan fingerprint density at radius 1 is 1.05 bits per heavy atom. The van der Waals surface area contributed by atoms with Gasteiger partial charge in [-0.25, -0.2) is 0 Å². The SMILES string of the molecule is C/C(=N/OCc1ccc(-c2ccccc2)c(C(F)(F)F)c1)c1ccc(CN2CCCC(C(=O)O)C2)cc1. The van der Waals surface area contributed by atoms with Gasteiger partial charge in [-0.05, 0) is 60.2 Å². The number of likely N-dealkylation sites (tertiary alicyclic amines) is 1. The average Bonchev–Trinajstić information content (AvgIpc) is 2.89. The molecular weight excluding hydrogens is 481 g/mol. The molecule has 5 nitrogen and oxygen atoms in total. The molecule has 1 atom stereocenters. The van der Waals surface area contributed by atoms with Gasteiger partial charge in [0.15, 0.2) is 0 Å². The molecule has 0 radical (unpaired) electrons. The molecule has 3 aromatic carbocycles. The van der Waals surface area contributed by atoms with Crippen molar-refractivity contribution in [2.24, 2.45) is 11.1 Å². The van der Waals surface area contributed by atoms with Gasteiger partial charge in [-0.2, -0.15) is 13.2 Å². The largest absolute Gasteiger partial charge is 0.481 e. The molecule has 1 unspecified atom stereocenters. The molecule has 0 aliphatic carbocycles. The Balaban J connectivity index is 1.38. The summed E-state index contributed by atoms with van der Waals surface area (Å²) < 4.78 is 41.2. The smallest absolute Gasteiger partial charge is 0.417 e. The third kappa shape index (κ3) is 6.98. The zero-order chi connectivity index (χ0) is 26.4. The minimum Gasteiger partial charge on any atom is -0.481 e. The second-order valence-corrected chi connectivity index (χ2v) is 9.30. The summed E-state index contributed by atoms with van der Waals surface area (Å²) >= 11 is 0. The third-order valence-electron chi connectivity index (χ3n) is 6.54. The van der Waals surface area contributed by atoms with Crippen LogP contribution in [0.4, 0.5) is 13.2 Å². The van der Waals surface area contributed by atoms with E-state index in [1.807, 2.05) is 24.3 Å². The van der Waals surface area contributed by atoms with E-state index in [9.17, 15) is 23.1 Å². The molecule has 1 saturated heterocycles. The Bertz CT molecular complexity index is 1240. The average molecular weight is 511 g/mol. The second-order valence-electron chi connectivity index (χ2n) is 9.30. The Hall–Kier alpha value is -3.65. The lowest BCUT2D eigenvalue weighted by molar-refractivity contribution is -0.143. The molecule has 1 heterocycles. The van der Waals surface area contributed by atoms with Gasteiger partial charge in [0, 0.05) is 13.1 Å². The predicted molar refractivity (Wildman–Crippen MR) is 136 cm³/mol. The minimum absolute atomic E-state index is 0.0900. The van der Waals surface area contributed by atoms with Crippen molar-refractivity contribution in [1.29, 1.82) is 0 Å². The van der Waals surface area contributed by atoms with Crippen molar-refractivity contribution in [1.82, 2.24) is 4.90 Å². The fourth-order valence-electron chi connectivity index (χ4n) is 4.55. The summed E-state index contributed by atoms with van der Waals surface area (Å²) in [4.78, 5) is 18.8. The Kier molecular flexibility index (Phi) is 8.28. The predicted octanol–water partition coefficient (Wildman–Crippen LogP) is 6.61. The lowest BCUT2D eigenvalue weighted by Gasteiger charge is -2.30. The molecule has 0 amide bonds. The highest BCUT2D eigenvalue weighted by Gasteiger charge is 2.34. The highest BCUT2D eigenvalue weighted by Crippen LogP contribution is 2.37. The number of carboxylic acids is 1. The first kappa shape index (κ1) is 26.4. The molecule has 0 saturated carbocycles. The summed E-state index contributed by atoms with van der Waals surface area (Å²) in [6.45, 7) is 3.79. The molecule has 4 rings (SSSR count). The number of nitrogens with zero attached hydrogens (tertiary/aromatic N) is 2. The van der Waals surface area contributed by atoms with Crippen molar-refractivity contribution in [3.63, 3.8) is 0 Å². The van der Waals surface area contributed by atoms with Crippen molar-refractivity contribution >= 4 is 11.7 Å². The van der Waals surface area contributed by atoms with Crippen molar-refractivity contribution in [3.05, 3.63) is 95.1 Å². The number of halogens is 3. The number of rotatable bonds is 8. The number of aliphatic carboxylic acids is 1. The maximum Gasteiger partial charge on any atom is 0.417 e. The maximum absolute atomic E-state index is 13.7. The topological polar surface area (TPSA) is 62.1 Å². The zero-order valence-electron chi connectivity index (χ0n) is 20.5. The van der Waals surface area contributed by atoms with Crippen LogP contribution in [0.3, 0.4) is 0 Å². The molecule has 8 heteroatoms. The lowest BCUT2D eigenvalue weighted by Crippen LogP contribution is -2.38. The molecule has 0 spiro atoms. The molecule has 1 fully saturated rings. The van der Waals surface area contributed by atoms with Gasteiger partial charge < -0.3 is 9.94 Å². The van der Waals surface area contributed by atoms with Gasteiger partial charge in [0.25, 0.3) is 0 Å². The first-order valence-corrected chi connectivity index (χ1v) is 12.2. The number of benzene rings is 3. The van der Waals surface area contributed by atoms with Gasteiger partial charge in [0.1, 0.15) is 6.61 Å². The van der Waals surface area contributed by atoms with Crippen LogP contribution >= 0.6 is 0 Å². The fourth-order valence-corrected chi connectivity index (χ4v) is 4.55. The van der Waals surface area contributed by atoms with Crippen molar-refractivity contribution < 1.29 is 27.9 Å². The van der Waals surface area contributed by atoms with Crippen LogP contribution in [0.1, 0.15) is 42.0 Å². The Morgan fingerprint density at radius 2 is 1.76 bits per heavy atom. The molecule has 1 N–H and O–H groups in total. The number of carboxylic acid groups (broad SMARTS) is 1. The van der Waals surface area contributed by atoms with Crippen LogP contribution in [0.15, 0.2) is 78.0 Å². The van der Waals surface area contributed by atoms with Crippen LogP contribution in [0, 0.1) is 5.92 Å². The van der Waals surface area contributed by atoms with Crippen LogP contribution in [0.5, 0.6) is 0 Å². The van der Waals surface area contributed by atoms with Crippen molar-refractivity contribution in [2.45, 2.75) is 39.1 Å². The number of hydrogen-bond donors (Lipinski definition) is 1. The number of hydrogen-bond acceptors (Lipinski definition) is 4. The number of oxime groups is 1. The van der Waals surface area contributed by atoms with E-state index in [4.69, 9.17) is 4.84 Å². The van der Waals surface area contributed by atoms with E-state index in [1.165, 1.54) is 6.07 Å². The summed E-state index contributed by atoms with van der Waals surface area (Å²) in [5.41, 5.74) is 2.80. The van der Waals surface area contributed by atoms with Crippen molar-refractivity contribution in [2.75, 3.05) is 13.1 Å². The Morgan fingerprint density at radius 3 is 2.43 bits per heavy atom.